The maximum Gasteiger partial charge on any atom is 0.237 e. The molecule has 1 aromatic rings. The summed E-state index contributed by atoms with van der Waals surface area (Å²) in [5.74, 6) is -0.335. The van der Waals surface area contributed by atoms with E-state index in [9.17, 15) is 13.2 Å². The Morgan fingerprint density at radius 1 is 1.27 bits per heavy atom. The number of nitrogens with one attached hydrogen (secondary N) is 1. The molecular formula is C15H22N2O4S. The van der Waals surface area contributed by atoms with Crippen LogP contribution in [0.4, 0.5) is 0 Å². The molecule has 1 aliphatic heterocycles. The lowest BCUT2D eigenvalue weighted by Crippen LogP contribution is -2.48. The van der Waals surface area contributed by atoms with E-state index in [1.807, 2.05) is 0 Å². The molecule has 0 aromatic heterocycles. The van der Waals surface area contributed by atoms with Gasteiger partial charge in [-0.1, -0.05) is 18.2 Å². The van der Waals surface area contributed by atoms with Gasteiger partial charge in [-0.25, -0.2) is 8.42 Å². The van der Waals surface area contributed by atoms with Gasteiger partial charge in [-0.2, -0.15) is 0 Å². The van der Waals surface area contributed by atoms with E-state index < -0.39 is 15.9 Å². The summed E-state index contributed by atoms with van der Waals surface area (Å²) in [4.78, 5) is 12.3. The van der Waals surface area contributed by atoms with E-state index in [2.05, 4.69) is 5.32 Å². The summed E-state index contributed by atoms with van der Waals surface area (Å²) in [6.45, 7) is 1.30. The smallest absolute Gasteiger partial charge is 0.237 e. The van der Waals surface area contributed by atoms with Crippen LogP contribution in [0.15, 0.2) is 35.2 Å². The minimum absolute atomic E-state index is 0.0625. The van der Waals surface area contributed by atoms with Crippen LogP contribution in [0.2, 0.25) is 0 Å². The largest absolute Gasteiger partial charge is 0.381 e. The van der Waals surface area contributed by atoms with Gasteiger partial charge in [-0.15, -0.1) is 0 Å². The summed E-state index contributed by atoms with van der Waals surface area (Å²) in [6.07, 6.45) is 1.52. The number of rotatable bonds is 6. The first-order valence-electron chi connectivity index (χ1n) is 7.39. The maximum absolute atomic E-state index is 12.1. The monoisotopic (exact) mass is 326 g/mol. The van der Waals surface area contributed by atoms with Crippen LogP contribution in [-0.2, 0) is 19.4 Å². The normalized spacial score (nSPS) is 17.9. The molecule has 122 valence electrons. The second-order valence-corrected chi connectivity index (χ2v) is 7.51. The van der Waals surface area contributed by atoms with Crippen molar-refractivity contribution >= 4 is 15.7 Å². The second kappa shape index (κ2) is 7.71. The van der Waals surface area contributed by atoms with E-state index in [1.165, 1.54) is 0 Å². The molecule has 0 aliphatic carbocycles. The van der Waals surface area contributed by atoms with Crippen molar-refractivity contribution in [2.45, 2.75) is 23.8 Å². The highest BCUT2D eigenvalue weighted by Gasteiger charge is 2.26. The fraction of sp³-hybridized carbons (Fsp3) is 0.533. The highest BCUT2D eigenvalue weighted by atomic mass is 32.2. The number of hydrogen-bond acceptors (Lipinski definition) is 5. The lowest BCUT2D eigenvalue weighted by Gasteiger charge is -2.26. The highest BCUT2D eigenvalue weighted by Crippen LogP contribution is 2.17. The Labute approximate surface area is 131 Å². The lowest BCUT2D eigenvalue weighted by atomic mass is 9.92. The summed E-state index contributed by atoms with van der Waals surface area (Å²) < 4.78 is 29.4. The van der Waals surface area contributed by atoms with Gasteiger partial charge < -0.3 is 15.8 Å². The topological polar surface area (TPSA) is 98.5 Å². The van der Waals surface area contributed by atoms with Gasteiger partial charge in [0, 0.05) is 19.8 Å². The summed E-state index contributed by atoms with van der Waals surface area (Å²) in [5, 5.41) is 2.62. The predicted molar refractivity (Wildman–Crippen MR) is 83.0 cm³/mol. The molecular weight excluding hydrogens is 304 g/mol. The fourth-order valence-corrected chi connectivity index (χ4v) is 3.64. The van der Waals surface area contributed by atoms with Crippen molar-refractivity contribution in [3.63, 3.8) is 0 Å². The number of ether oxygens (including phenoxy) is 1. The first-order chi connectivity index (χ1) is 10.5. The van der Waals surface area contributed by atoms with Crippen LogP contribution in [0, 0.1) is 5.92 Å². The molecule has 1 aliphatic rings. The molecule has 1 fully saturated rings. The zero-order valence-corrected chi connectivity index (χ0v) is 13.2. The highest BCUT2D eigenvalue weighted by molar-refractivity contribution is 7.91. The molecule has 7 heteroatoms. The molecule has 0 radical (unpaired) electrons. The number of benzene rings is 1. The number of nitrogens with two attached hydrogens (primary N) is 1. The number of carbonyl (C=O) groups excluding carboxylic acids is 1. The quantitative estimate of drug-likeness (QED) is 0.785. The van der Waals surface area contributed by atoms with Gasteiger partial charge in [0.25, 0.3) is 0 Å². The molecule has 22 heavy (non-hydrogen) atoms. The van der Waals surface area contributed by atoms with Crippen molar-refractivity contribution in [3.05, 3.63) is 30.3 Å². The minimum Gasteiger partial charge on any atom is -0.381 e. The summed E-state index contributed by atoms with van der Waals surface area (Å²) in [7, 11) is -3.38. The van der Waals surface area contributed by atoms with Gasteiger partial charge in [0.2, 0.25) is 5.91 Å². The van der Waals surface area contributed by atoms with Crippen molar-refractivity contribution in [2.75, 3.05) is 25.5 Å². The van der Waals surface area contributed by atoms with Crippen LogP contribution in [0.25, 0.3) is 0 Å². The Balaban J connectivity index is 1.81. The van der Waals surface area contributed by atoms with E-state index >= 15 is 0 Å². The van der Waals surface area contributed by atoms with Gasteiger partial charge in [-0.3, -0.25) is 4.79 Å². The minimum atomic E-state index is -3.38. The number of carbonyl (C=O) groups is 1. The molecule has 1 saturated heterocycles. The Morgan fingerprint density at radius 2 is 1.91 bits per heavy atom. The molecule has 3 N–H and O–H groups in total. The number of sulfone groups is 1. The van der Waals surface area contributed by atoms with Crippen LogP contribution in [0.1, 0.15) is 12.8 Å². The summed E-state index contributed by atoms with van der Waals surface area (Å²) in [5.41, 5.74) is 5.94. The van der Waals surface area contributed by atoms with Crippen LogP contribution >= 0.6 is 0 Å². The molecule has 2 rings (SSSR count). The number of amides is 1. The van der Waals surface area contributed by atoms with Gasteiger partial charge in [0.15, 0.2) is 9.84 Å². The number of hydrogen-bond donors (Lipinski definition) is 2. The van der Waals surface area contributed by atoms with E-state index in [1.54, 1.807) is 30.3 Å². The standard InChI is InChI=1S/C15H22N2O4S/c16-14(12-6-9-21-10-7-12)15(18)17-8-11-22(19,20)13-4-2-1-3-5-13/h1-5,12,14H,6-11,16H2,(H,17,18). The van der Waals surface area contributed by atoms with Gasteiger partial charge in [0.1, 0.15) is 0 Å². The van der Waals surface area contributed by atoms with Crippen molar-refractivity contribution in [3.8, 4) is 0 Å². The average molecular weight is 326 g/mol. The molecule has 0 spiro atoms. The Morgan fingerprint density at radius 3 is 2.55 bits per heavy atom. The first-order valence-corrected chi connectivity index (χ1v) is 9.05. The summed E-state index contributed by atoms with van der Waals surface area (Å²) >= 11 is 0. The molecule has 1 aromatic carbocycles. The Kier molecular flexibility index (Phi) is 5.93. The molecule has 1 atom stereocenters. The third-order valence-electron chi connectivity index (χ3n) is 3.85. The van der Waals surface area contributed by atoms with Gasteiger partial charge in [0.05, 0.1) is 16.7 Å². The Bertz CT molecular complexity index is 583. The van der Waals surface area contributed by atoms with Crippen molar-refractivity contribution < 1.29 is 17.9 Å². The van der Waals surface area contributed by atoms with Crippen molar-refractivity contribution in [2.24, 2.45) is 11.7 Å². The molecule has 0 saturated carbocycles. The molecule has 1 amide bonds. The van der Waals surface area contributed by atoms with E-state index in [-0.39, 0.29) is 29.0 Å². The van der Waals surface area contributed by atoms with Crippen molar-refractivity contribution in [1.82, 2.24) is 5.32 Å². The van der Waals surface area contributed by atoms with Gasteiger partial charge in [-0.05, 0) is 30.9 Å². The molecule has 1 heterocycles. The maximum atomic E-state index is 12.1. The fourth-order valence-electron chi connectivity index (χ4n) is 2.46. The zero-order chi connectivity index (χ0) is 16.0. The SMILES string of the molecule is NC(C(=O)NCCS(=O)(=O)c1ccccc1)C1CCOCC1. The van der Waals surface area contributed by atoms with Crippen LogP contribution in [-0.4, -0.2) is 45.9 Å². The lowest BCUT2D eigenvalue weighted by molar-refractivity contribution is -0.124. The Hall–Kier alpha value is -1.44. The van der Waals surface area contributed by atoms with Crippen molar-refractivity contribution in [1.29, 1.82) is 0 Å². The molecule has 1 unspecified atom stereocenters. The first kappa shape index (κ1) is 16.9. The van der Waals surface area contributed by atoms with Crippen LogP contribution in [0.5, 0.6) is 0 Å². The third-order valence-corrected chi connectivity index (χ3v) is 5.58. The molecule has 0 bridgehead atoms. The average Bonchev–Trinajstić information content (AvgIpc) is 2.55. The van der Waals surface area contributed by atoms with E-state index in [0.717, 1.165) is 12.8 Å². The van der Waals surface area contributed by atoms with Gasteiger partial charge >= 0.3 is 0 Å². The molecule has 6 nitrogen and oxygen atoms in total. The van der Waals surface area contributed by atoms with E-state index in [0.29, 0.717) is 13.2 Å². The van der Waals surface area contributed by atoms with Crippen LogP contribution in [0.3, 0.4) is 0 Å². The third kappa shape index (κ3) is 4.53. The summed E-state index contributed by atoms with van der Waals surface area (Å²) in [6, 6.07) is 7.59. The second-order valence-electron chi connectivity index (χ2n) is 5.40. The zero-order valence-electron chi connectivity index (χ0n) is 12.4. The van der Waals surface area contributed by atoms with E-state index in [4.69, 9.17) is 10.5 Å². The van der Waals surface area contributed by atoms with Crippen LogP contribution < -0.4 is 11.1 Å². The predicted octanol–water partition coefficient (Wildman–Crippen LogP) is 0.330.